The normalized spacial score (nSPS) is 19.6. The van der Waals surface area contributed by atoms with Crippen LogP contribution in [0.1, 0.15) is 38.2 Å². The predicted octanol–water partition coefficient (Wildman–Crippen LogP) is 6.01. The Morgan fingerprint density at radius 3 is 2.31 bits per heavy atom. The number of carboxylic acid groups (broad SMARTS) is 1. The SMILES string of the molecule is CC[C@]1(OC(=O)Nc2c(F)cnn2-c2ccc(-c3ccc(C4(C(=O)O)CC4)cc3)cc2)C=CC=CC1. The van der Waals surface area contributed by atoms with Gasteiger partial charge in [-0.2, -0.15) is 5.10 Å². The number of aromatic nitrogens is 2. The van der Waals surface area contributed by atoms with E-state index in [1.54, 1.807) is 12.1 Å². The molecule has 8 heteroatoms. The van der Waals surface area contributed by atoms with Gasteiger partial charge in [0, 0.05) is 6.42 Å². The van der Waals surface area contributed by atoms with Gasteiger partial charge in [-0.3, -0.25) is 10.1 Å². The second-order valence-corrected chi connectivity index (χ2v) is 9.19. The Kier molecular flexibility index (Phi) is 5.96. The molecule has 5 rings (SSSR count). The van der Waals surface area contributed by atoms with Gasteiger partial charge >= 0.3 is 12.1 Å². The van der Waals surface area contributed by atoms with Crippen LogP contribution in [0.4, 0.5) is 15.0 Å². The molecule has 2 aliphatic rings. The summed E-state index contributed by atoms with van der Waals surface area (Å²) in [5.74, 6) is -1.57. The molecule has 0 aliphatic heterocycles. The molecule has 1 fully saturated rings. The van der Waals surface area contributed by atoms with Crippen molar-refractivity contribution in [2.45, 2.75) is 43.6 Å². The zero-order valence-electron chi connectivity index (χ0n) is 19.8. The number of ether oxygens (including phenoxy) is 1. The number of allylic oxidation sites excluding steroid dienone is 2. The maximum absolute atomic E-state index is 14.5. The lowest BCUT2D eigenvalue weighted by Gasteiger charge is -2.29. The average Bonchev–Trinajstić information content (AvgIpc) is 3.64. The van der Waals surface area contributed by atoms with Crippen LogP contribution < -0.4 is 5.32 Å². The van der Waals surface area contributed by atoms with Gasteiger partial charge < -0.3 is 9.84 Å². The Morgan fingerprint density at radius 2 is 1.75 bits per heavy atom. The second-order valence-electron chi connectivity index (χ2n) is 9.19. The fourth-order valence-electron chi connectivity index (χ4n) is 4.53. The minimum absolute atomic E-state index is 0.109. The molecule has 1 aromatic heterocycles. The van der Waals surface area contributed by atoms with Crippen LogP contribution in [0.5, 0.6) is 0 Å². The standard InChI is InChI=1S/C28H26FN3O4/c1-2-27(14-4-3-5-15-27)36-26(35)31-24-23(29)18-30-32(24)22-12-8-20(9-13-22)19-6-10-21(11-7-19)28(16-17-28)25(33)34/h3-14,18H,2,15-17H2,1H3,(H,31,35)(H,33,34)/t27-/m0/s1. The lowest BCUT2D eigenvalue weighted by molar-refractivity contribution is -0.140. The van der Waals surface area contributed by atoms with Crippen molar-refractivity contribution in [3.8, 4) is 16.8 Å². The van der Waals surface area contributed by atoms with E-state index in [0.29, 0.717) is 31.4 Å². The van der Waals surface area contributed by atoms with Crippen molar-refractivity contribution in [1.29, 1.82) is 0 Å². The first-order valence-electron chi connectivity index (χ1n) is 11.9. The van der Waals surface area contributed by atoms with E-state index in [1.807, 2.05) is 67.6 Å². The molecule has 0 bridgehead atoms. The van der Waals surface area contributed by atoms with Crippen molar-refractivity contribution in [1.82, 2.24) is 9.78 Å². The molecule has 2 aromatic carbocycles. The number of halogens is 1. The molecule has 0 spiro atoms. The van der Waals surface area contributed by atoms with E-state index in [1.165, 1.54) is 4.68 Å². The monoisotopic (exact) mass is 487 g/mol. The zero-order valence-corrected chi connectivity index (χ0v) is 19.8. The Morgan fingerprint density at radius 1 is 1.08 bits per heavy atom. The number of hydrogen-bond donors (Lipinski definition) is 2. The van der Waals surface area contributed by atoms with Gasteiger partial charge in [-0.25, -0.2) is 13.9 Å². The predicted molar refractivity (Wildman–Crippen MR) is 134 cm³/mol. The number of rotatable bonds is 7. The second kappa shape index (κ2) is 9.11. The van der Waals surface area contributed by atoms with E-state index >= 15 is 0 Å². The molecule has 3 aromatic rings. The van der Waals surface area contributed by atoms with Crippen LogP contribution in [-0.4, -0.2) is 32.6 Å². The van der Waals surface area contributed by atoms with Crippen molar-refractivity contribution in [3.63, 3.8) is 0 Å². The van der Waals surface area contributed by atoms with Gasteiger partial charge in [0.25, 0.3) is 0 Å². The summed E-state index contributed by atoms with van der Waals surface area (Å²) in [7, 11) is 0. The number of nitrogens with zero attached hydrogens (tertiary/aromatic N) is 2. The van der Waals surface area contributed by atoms with Gasteiger partial charge in [0.2, 0.25) is 0 Å². The maximum atomic E-state index is 14.5. The van der Waals surface area contributed by atoms with Gasteiger partial charge in [0.1, 0.15) is 5.60 Å². The summed E-state index contributed by atoms with van der Waals surface area (Å²) in [5.41, 5.74) is 1.71. The molecule has 184 valence electrons. The molecular weight excluding hydrogens is 461 g/mol. The molecular formula is C28H26FN3O4. The molecule has 0 radical (unpaired) electrons. The van der Waals surface area contributed by atoms with Crippen molar-refractivity contribution < 1.29 is 23.8 Å². The molecule has 36 heavy (non-hydrogen) atoms. The van der Waals surface area contributed by atoms with E-state index in [2.05, 4.69) is 10.4 Å². The van der Waals surface area contributed by atoms with Crippen molar-refractivity contribution in [2.24, 2.45) is 0 Å². The van der Waals surface area contributed by atoms with Crippen LogP contribution in [0.25, 0.3) is 16.8 Å². The number of benzene rings is 2. The quantitative estimate of drug-likeness (QED) is 0.426. The molecule has 1 atom stereocenters. The minimum atomic E-state index is -0.781. The summed E-state index contributed by atoms with van der Waals surface area (Å²) >= 11 is 0. The summed E-state index contributed by atoms with van der Waals surface area (Å²) in [6, 6.07) is 14.8. The van der Waals surface area contributed by atoms with Crippen LogP contribution in [-0.2, 0) is 14.9 Å². The number of nitrogens with one attached hydrogen (secondary N) is 1. The third-order valence-corrected chi connectivity index (χ3v) is 6.99. The topological polar surface area (TPSA) is 93.5 Å². The molecule has 0 saturated heterocycles. The first kappa shape index (κ1) is 23.5. The Bertz CT molecular complexity index is 1350. The minimum Gasteiger partial charge on any atom is -0.481 e. The van der Waals surface area contributed by atoms with E-state index in [0.717, 1.165) is 22.9 Å². The van der Waals surface area contributed by atoms with Crippen LogP contribution in [0, 0.1) is 5.82 Å². The number of aliphatic carboxylic acids is 1. The molecule has 2 N–H and O–H groups in total. The largest absolute Gasteiger partial charge is 0.481 e. The van der Waals surface area contributed by atoms with E-state index in [4.69, 9.17) is 4.74 Å². The number of amides is 1. The molecule has 2 aliphatic carbocycles. The van der Waals surface area contributed by atoms with Gasteiger partial charge in [0.15, 0.2) is 11.6 Å². The highest BCUT2D eigenvalue weighted by Crippen LogP contribution is 2.48. The summed E-state index contributed by atoms with van der Waals surface area (Å²) in [5, 5.41) is 16.1. The third-order valence-electron chi connectivity index (χ3n) is 6.99. The molecule has 1 heterocycles. The molecule has 1 amide bonds. The summed E-state index contributed by atoms with van der Waals surface area (Å²) in [6.07, 6.45) is 10.2. The number of carbonyl (C=O) groups is 2. The average molecular weight is 488 g/mol. The van der Waals surface area contributed by atoms with Crippen LogP contribution in [0.2, 0.25) is 0 Å². The molecule has 1 saturated carbocycles. The van der Waals surface area contributed by atoms with E-state index in [-0.39, 0.29) is 5.82 Å². The van der Waals surface area contributed by atoms with Crippen LogP contribution >= 0.6 is 0 Å². The summed E-state index contributed by atoms with van der Waals surface area (Å²) < 4.78 is 21.5. The van der Waals surface area contributed by atoms with Crippen molar-refractivity contribution in [2.75, 3.05) is 5.32 Å². The highest BCUT2D eigenvalue weighted by atomic mass is 19.1. The first-order chi connectivity index (χ1) is 17.4. The Balaban J connectivity index is 1.32. The third kappa shape index (κ3) is 4.30. The lowest BCUT2D eigenvalue weighted by Crippen LogP contribution is -2.35. The lowest BCUT2D eigenvalue weighted by atomic mass is 9.92. The maximum Gasteiger partial charge on any atom is 0.413 e. The number of hydrogen-bond acceptors (Lipinski definition) is 4. The highest BCUT2D eigenvalue weighted by molar-refractivity contribution is 5.85. The number of carbonyl (C=O) groups excluding carboxylic acids is 1. The van der Waals surface area contributed by atoms with Crippen molar-refractivity contribution in [3.05, 3.63) is 90.4 Å². The van der Waals surface area contributed by atoms with E-state index < -0.39 is 28.9 Å². The summed E-state index contributed by atoms with van der Waals surface area (Å²) in [6.45, 7) is 1.92. The van der Waals surface area contributed by atoms with Crippen LogP contribution in [0.3, 0.4) is 0 Å². The fraction of sp³-hybridized carbons (Fsp3) is 0.250. The van der Waals surface area contributed by atoms with Gasteiger partial charge in [-0.15, -0.1) is 0 Å². The van der Waals surface area contributed by atoms with Gasteiger partial charge in [-0.05, 0) is 54.2 Å². The zero-order chi connectivity index (χ0) is 25.3. The Labute approximate surface area is 207 Å². The molecule has 0 unspecified atom stereocenters. The first-order valence-corrected chi connectivity index (χ1v) is 11.9. The van der Waals surface area contributed by atoms with Crippen molar-refractivity contribution >= 4 is 17.9 Å². The smallest absolute Gasteiger partial charge is 0.413 e. The highest BCUT2D eigenvalue weighted by Gasteiger charge is 2.51. The molecule has 7 nitrogen and oxygen atoms in total. The number of anilines is 1. The Hall–Kier alpha value is -4.20. The number of carboxylic acids is 1. The fourth-order valence-corrected chi connectivity index (χ4v) is 4.53. The van der Waals surface area contributed by atoms with E-state index in [9.17, 15) is 19.1 Å². The van der Waals surface area contributed by atoms with Gasteiger partial charge in [0.05, 0.1) is 17.3 Å². The summed E-state index contributed by atoms with van der Waals surface area (Å²) in [4.78, 5) is 24.2. The van der Waals surface area contributed by atoms with Gasteiger partial charge in [-0.1, -0.05) is 61.5 Å². The van der Waals surface area contributed by atoms with Crippen LogP contribution in [0.15, 0.2) is 79.0 Å².